The number of nitrogens with one attached hydrogen (secondary N) is 1. The number of carbonyl (C=O) groups excluding carboxylic acids is 3. The summed E-state index contributed by atoms with van der Waals surface area (Å²) in [4.78, 5) is 46.3. The summed E-state index contributed by atoms with van der Waals surface area (Å²) in [6, 6.07) is 33.4. The number of nitrogens with zero attached hydrogens (tertiary/aromatic N) is 3. The maximum atomic E-state index is 13.2. The highest BCUT2D eigenvalue weighted by atomic mass is 35.5. The van der Waals surface area contributed by atoms with Crippen LogP contribution in [0.3, 0.4) is 0 Å². The molecule has 1 aliphatic rings. The van der Waals surface area contributed by atoms with Gasteiger partial charge in [-0.1, -0.05) is 83.9 Å². The number of anilines is 1. The van der Waals surface area contributed by atoms with Crippen LogP contribution >= 0.6 is 11.6 Å². The van der Waals surface area contributed by atoms with Gasteiger partial charge in [-0.05, 0) is 144 Å². The summed E-state index contributed by atoms with van der Waals surface area (Å²) < 4.78 is 25.9. The fourth-order valence-electron chi connectivity index (χ4n) is 7.51. The second-order valence-electron chi connectivity index (χ2n) is 15.9. The summed E-state index contributed by atoms with van der Waals surface area (Å²) in [6.07, 6.45) is 3.11. The average Bonchev–Trinajstić information content (AvgIpc) is 3.22. The molecule has 0 saturated heterocycles. The van der Waals surface area contributed by atoms with Crippen LogP contribution in [0.5, 0.6) is 5.75 Å². The van der Waals surface area contributed by atoms with Crippen LogP contribution in [0.1, 0.15) is 97.1 Å². The van der Waals surface area contributed by atoms with Crippen molar-refractivity contribution in [2.24, 2.45) is 0 Å². The zero-order chi connectivity index (χ0) is 45.8. The maximum absolute atomic E-state index is 13.2. The molecule has 2 aromatic heterocycles. The van der Waals surface area contributed by atoms with Gasteiger partial charge in [0.2, 0.25) is 0 Å². The van der Waals surface area contributed by atoms with Gasteiger partial charge in [0, 0.05) is 41.5 Å². The van der Waals surface area contributed by atoms with Crippen LogP contribution in [-0.2, 0) is 39.6 Å². The van der Waals surface area contributed by atoms with Crippen molar-refractivity contribution in [3.8, 4) is 5.75 Å². The van der Waals surface area contributed by atoms with Crippen molar-refractivity contribution in [2.45, 2.75) is 84.8 Å². The highest BCUT2D eigenvalue weighted by Gasteiger charge is 2.25. The minimum absolute atomic E-state index is 0.00633. The van der Waals surface area contributed by atoms with Gasteiger partial charge >= 0.3 is 0 Å². The number of phenols is 1. The SMILES string of the molecule is CC(C)=O.Cc1ccc2c(c1)CCCN2C(=O)c1cccc(Cc2c(C)cccc2C)n1.Cc1cccc(C)c1S(=O)(=O)Cc1cccc(C(=O)NCCc2c(O)cccc2Cl)n1. The number of pyridine rings is 2. The Labute approximate surface area is 376 Å². The van der Waals surface area contributed by atoms with Gasteiger partial charge < -0.3 is 20.1 Å². The molecule has 3 heterocycles. The molecule has 0 unspecified atom stereocenters. The van der Waals surface area contributed by atoms with E-state index in [1.165, 1.54) is 53.8 Å². The van der Waals surface area contributed by atoms with Crippen LogP contribution in [0.25, 0.3) is 0 Å². The molecule has 0 aliphatic carbocycles. The van der Waals surface area contributed by atoms with Gasteiger partial charge in [-0.3, -0.25) is 9.59 Å². The van der Waals surface area contributed by atoms with Crippen LogP contribution in [0.4, 0.5) is 5.69 Å². The largest absolute Gasteiger partial charge is 0.508 e. The van der Waals surface area contributed by atoms with Crippen molar-refractivity contribution in [3.63, 3.8) is 0 Å². The molecule has 0 bridgehead atoms. The van der Waals surface area contributed by atoms with Gasteiger partial charge in [0.15, 0.2) is 9.84 Å². The van der Waals surface area contributed by atoms with Crippen LogP contribution < -0.4 is 10.2 Å². The van der Waals surface area contributed by atoms with E-state index in [0.717, 1.165) is 37.2 Å². The number of carbonyl (C=O) groups is 3. The Morgan fingerprint density at radius 2 is 1.30 bits per heavy atom. The Morgan fingerprint density at radius 1 is 0.730 bits per heavy atom. The van der Waals surface area contributed by atoms with Crippen molar-refractivity contribution in [3.05, 3.63) is 182 Å². The number of aromatic hydroxyl groups is 1. The molecular formula is C51H55ClN4O6S. The van der Waals surface area contributed by atoms with Gasteiger partial charge in [-0.25, -0.2) is 18.4 Å². The Kier molecular flexibility index (Phi) is 16.5. The Bertz CT molecular complexity index is 2670. The predicted octanol–water partition coefficient (Wildman–Crippen LogP) is 9.79. The lowest BCUT2D eigenvalue weighted by molar-refractivity contribution is -0.115. The summed E-state index contributed by atoms with van der Waals surface area (Å²) in [6.45, 7) is 13.9. The van der Waals surface area contributed by atoms with E-state index in [4.69, 9.17) is 16.6 Å². The predicted molar refractivity (Wildman–Crippen MR) is 251 cm³/mol. The van der Waals surface area contributed by atoms with E-state index in [0.29, 0.717) is 44.4 Å². The number of aryl methyl sites for hydroxylation is 6. The fourth-order valence-corrected chi connectivity index (χ4v) is 9.59. The quantitative estimate of drug-likeness (QED) is 0.138. The third kappa shape index (κ3) is 12.9. The molecule has 63 heavy (non-hydrogen) atoms. The smallest absolute Gasteiger partial charge is 0.276 e. The monoisotopic (exact) mass is 886 g/mol. The Hall–Kier alpha value is -6.17. The number of halogens is 1. The van der Waals surface area contributed by atoms with Crippen molar-refractivity contribution in [1.29, 1.82) is 0 Å². The first-order valence-corrected chi connectivity index (χ1v) is 22.9. The molecule has 6 aromatic rings. The first kappa shape index (κ1) is 47.9. The number of benzene rings is 4. The van der Waals surface area contributed by atoms with Crippen LogP contribution in [-0.4, -0.2) is 54.2 Å². The van der Waals surface area contributed by atoms with Crippen molar-refractivity contribution >= 4 is 44.7 Å². The van der Waals surface area contributed by atoms with E-state index < -0.39 is 15.7 Å². The van der Waals surface area contributed by atoms with Crippen LogP contribution in [0.15, 0.2) is 114 Å². The van der Waals surface area contributed by atoms with Gasteiger partial charge in [0.1, 0.15) is 22.9 Å². The molecule has 0 spiro atoms. The summed E-state index contributed by atoms with van der Waals surface area (Å²) in [5, 5.41) is 13.0. The van der Waals surface area contributed by atoms with E-state index in [1.54, 1.807) is 50.2 Å². The number of rotatable bonds is 10. The molecule has 0 fully saturated rings. The van der Waals surface area contributed by atoms with Crippen molar-refractivity contribution in [2.75, 3.05) is 18.0 Å². The third-order valence-electron chi connectivity index (χ3n) is 10.5. The number of Topliss-reactive ketones (excluding diaryl/α,β-unsaturated/α-hetero) is 1. The lowest BCUT2D eigenvalue weighted by Crippen LogP contribution is -2.36. The zero-order valence-corrected chi connectivity index (χ0v) is 38.5. The molecular weight excluding hydrogens is 832 g/mol. The number of phenolic OH excluding ortho intramolecular Hbond substituents is 1. The van der Waals surface area contributed by atoms with Crippen LogP contribution in [0, 0.1) is 34.6 Å². The minimum atomic E-state index is -3.62. The highest BCUT2D eigenvalue weighted by molar-refractivity contribution is 7.90. The summed E-state index contributed by atoms with van der Waals surface area (Å²) in [5.74, 6) is -0.502. The van der Waals surface area contributed by atoms with Gasteiger partial charge in [-0.2, -0.15) is 0 Å². The number of fused-ring (bicyclic) bond motifs is 1. The number of hydrogen-bond acceptors (Lipinski definition) is 8. The molecule has 12 heteroatoms. The molecule has 7 rings (SSSR count). The van der Waals surface area contributed by atoms with E-state index in [-0.39, 0.29) is 35.4 Å². The number of ketones is 1. The first-order chi connectivity index (χ1) is 29.9. The fraction of sp³-hybridized carbons (Fsp3) is 0.275. The van der Waals surface area contributed by atoms with Gasteiger partial charge in [-0.15, -0.1) is 0 Å². The highest BCUT2D eigenvalue weighted by Crippen LogP contribution is 2.30. The molecule has 0 saturated carbocycles. The van der Waals surface area contributed by atoms with E-state index >= 15 is 0 Å². The Morgan fingerprint density at radius 3 is 1.95 bits per heavy atom. The molecule has 4 aromatic carbocycles. The number of hydrogen-bond donors (Lipinski definition) is 2. The van der Waals surface area contributed by atoms with E-state index in [1.807, 2.05) is 29.2 Å². The average molecular weight is 888 g/mol. The molecule has 2 amide bonds. The molecule has 2 N–H and O–H groups in total. The van der Waals surface area contributed by atoms with Crippen molar-refractivity contribution < 1.29 is 27.9 Å². The maximum Gasteiger partial charge on any atom is 0.276 e. The number of sulfone groups is 1. The molecule has 0 atom stereocenters. The zero-order valence-electron chi connectivity index (χ0n) is 37.0. The second-order valence-corrected chi connectivity index (χ2v) is 18.2. The molecule has 328 valence electrons. The van der Waals surface area contributed by atoms with Crippen LogP contribution in [0.2, 0.25) is 5.02 Å². The summed E-state index contributed by atoms with van der Waals surface area (Å²) in [7, 11) is -3.62. The lowest BCUT2D eigenvalue weighted by atomic mass is 9.98. The van der Waals surface area contributed by atoms with Gasteiger partial charge in [0.25, 0.3) is 11.8 Å². The molecule has 0 radical (unpaired) electrons. The normalized spacial score (nSPS) is 11.9. The minimum Gasteiger partial charge on any atom is -0.508 e. The van der Waals surface area contributed by atoms with E-state index in [9.17, 15) is 27.9 Å². The van der Waals surface area contributed by atoms with Crippen molar-refractivity contribution in [1.82, 2.24) is 15.3 Å². The van der Waals surface area contributed by atoms with Gasteiger partial charge in [0.05, 0.1) is 16.3 Å². The topological polar surface area (TPSA) is 147 Å². The molecule has 1 aliphatic heterocycles. The second kappa shape index (κ2) is 21.8. The standard InChI is InChI=1S/C25H26N2O.C23H23ClN2O4S.C3H6O/c1-17-12-13-24-20(15-17)9-6-14-27(24)25(28)23-11-5-10-21(26-23)16-22-18(2)7-4-8-19(22)3;1-15-6-3-7-16(2)22(15)31(29,30)14-17-8-4-10-20(26-17)23(28)25-13-12-18-19(24)9-5-11-21(18)27;1-3(2)4/h4-5,7-8,10-13,15H,6,9,14,16H2,1-3H3;3-11,27H,12-14H2,1-2H3,(H,25,28);1-2H3. The Balaban J connectivity index is 0.000000220. The number of amides is 2. The third-order valence-corrected chi connectivity index (χ3v) is 12.8. The molecule has 10 nitrogen and oxygen atoms in total. The lowest BCUT2D eigenvalue weighted by Gasteiger charge is -2.29. The summed E-state index contributed by atoms with van der Waals surface area (Å²) in [5.41, 5.74) is 11.1. The van der Waals surface area contributed by atoms with E-state index in [2.05, 4.69) is 67.5 Å². The summed E-state index contributed by atoms with van der Waals surface area (Å²) >= 11 is 6.07. The number of aromatic nitrogens is 2. The first-order valence-electron chi connectivity index (χ1n) is 20.8.